The molecular formula is C10H9N3O. The van der Waals surface area contributed by atoms with E-state index in [1.807, 2.05) is 12.1 Å². The topological polar surface area (TPSA) is 69.7 Å². The first-order valence-corrected chi connectivity index (χ1v) is 4.09. The summed E-state index contributed by atoms with van der Waals surface area (Å²) >= 11 is 0. The highest BCUT2D eigenvalue weighted by Crippen LogP contribution is 2.10. The van der Waals surface area contributed by atoms with E-state index in [9.17, 15) is 0 Å². The number of rotatable bonds is 3. The third-order valence-electron chi connectivity index (χ3n) is 1.72. The van der Waals surface area contributed by atoms with Crippen molar-refractivity contribution >= 4 is 0 Å². The van der Waals surface area contributed by atoms with Crippen LogP contribution in [0, 0.1) is 28.6 Å². The van der Waals surface area contributed by atoms with Gasteiger partial charge in [0.1, 0.15) is 5.92 Å². The smallest absolute Gasteiger partial charge is 0.213 e. The fraction of sp³-hybridized carbons (Fsp3) is 0.300. The van der Waals surface area contributed by atoms with Gasteiger partial charge in [0.15, 0.2) is 0 Å². The van der Waals surface area contributed by atoms with E-state index >= 15 is 0 Å². The van der Waals surface area contributed by atoms with Crippen LogP contribution in [-0.4, -0.2) is 12.1 Å². The number of methoxy groups -OCH3 is 1. The van der Waals surface area contributed by atoms with Crippen LogP contribution in [0.5, 0.6) is 5.88 Å². The van der Waals surface area contributed by atoms with Gasteiger partial charge in [-0.05, 0) is 6.07 Å². The average molecular weight is 187 g/mol. The van der Waals surface area contributed by atoms with Crippen LogP contribution in [-0.2, 0) is 6.42 Å². The Morgan fingerprint density at radius 1 is 1.43 bits per heavy atom. The summed E-state index contributed by atoms with van der Waals surface area (Å²) in [5, 5.41) is 17.2. The van der Waals surface area contributed by atoms with Crippen molar-refractivity contribution < 1.29 is 4.74 Å². The molecule has 0 amide bonds. The fourth-order valence-corrected chi connectivity index (χ4v) is 1.01. The molecule has 0 bridgehead atoms. The zero-order chi connectivity index (χ0) is 10.4. The summed E-state index contributed by atoms with van der Waals surface area (Å²) < 4.78 is 4.93. The van der Waals surface area contributed by atoms with Gasteiger partial charge >= 0.3 is 0 Å². The van der Waals surface area contributed by atoms with Gasteiger partial charge in [0, 0.05) is 18.2 Å². The van der Waals surface area contributed by atoms with Crippen molar-refractivity contribution in [2.45, 2.75) is 6.42 Å². The van der Waals surface area contributed by atoms with Crippen LogP contribution in [0.3, 0.4) is 0 Å². The molecule has 0 spiro atoms. The predicted octanol–water partition coefficient (Wildman–Crippen LogP) is 1.30. The van der Waals surface area contributed by atoms with Crippen LogP contribution >= 0.6 is 0 Å². The third-order valence-corrected chi connectivity index (χ3v) is 1.72. The molecule has 1 rings (SSSR count). The van der Waals surface area contributed by atoms with Crippen LogP contribution < -0.4 is 4.74 Å². The van der Waals surface area contributed by atoms with E-state index in [0.29, 0.717) is 18.0 Å². The van der Waals surface area contributed by atoms with Crippen molar-refractivity contribution in [3.8, 4) is 18.0 Å². The number of pyridine rings is 1. The molecule has 70 valence electrons. The largest absolute Gasteiger partial charge is 0.481 e. The van der Waals surface area contributed by atoms with Gasteiger partial charge in [-0.15, -0.1) is 0 Å². The van der Waals surface area contributed by atoms with Crippen LogP contribution in [0.25, 0.3) is 0 Å². The lowest BCUT2D eigenvalue weighted by atomic mass is 10.1. The molecule has 14 heavy (non-hydrogen) atoms. The summed E-state index contributed by atoms with van der Waals surface area (Å²) in [5.41, 5.74) is 0.692. The first-order valence-electron chi connectivity index (χ1n) is 4.09. The molecule has 1 aromatic heterocycles. The molecule has 0 atom stereocenters. The summed E-state index contributed by atoms with van der Waals surface area (Å²) in [6.45, 7) is 0. The number of nitriles is 2. The molecule has 0 saturated heterocycles. The lowest BCUT2D eigenvalue weighted by molar-refractivity contribution is 0.396. The maximum atomic E-state index is 8.58. The molecule has 0 N–H and O–H groups in total. The fourth-order valence-electron chi connectivity index (χ4n) is 1.01. The molecular weight excluding hydrogens is 178 g/mol. The number of nitrogens with zero attached hydrogens (tertiary/aromatic N) is 3. The van der Waals surface area contributed by atoms with E-state index in [4.69, 9.17) is 15.3 Å². The van der Waals surface area contributed by atoms with Gasteiger partial charge in [-0.3, -0.25) is 0 Å². The van der Waals surface area contributed by atoms with Gasteiger partial charge in [0.05, 0.1) is 19.2 Å². The van der Waals surface area contributed by atoms with Gasteiger partial charge in [-0.25, -0.2) is 4.98 Å². The molecule has 0 aliphatic rings. The second-order valence-electron chi connectivity index (χ2n) is 2.69. The first-order chi connectivity index (χ1) is 6.80. The van der Waals surface area contributed by atoms with E-state index < -0.39 is 5.92 Å². The lowest BCUT2D eigenvalue weighted by Crippen LogP contribution is -2.01. The number of ether oxygens (including phenoxy) is 1. The number of hydrogen-bond donors (Lipinski definition) is 0. The molecule has 0 fully saturated rings. The maximum absolute atomic E-state index is 8.58. The molecule has 1 heterocycles. The number of aromatic nitrogens is 1. The van der Waals surface area contributed by atoms with Crippen molar-refractivity contribution in [3.63, 3.8) is 0 Å². The minimum absolute atomic E-state index is 0.337. The van der Waals surface area contributed by atoms with Gasteiger partial charge in [0.25, 0.3) is 0 Å². The highest BCUT2D eigenvalue weighted by atomic mass is 16.5. The Morgan fingerprint density at radius 3 is 2.71 bits per heavy atom. The van der Waals surface area contributed by atoms with E-state index in [1.54, 1.807) is 18.2 Å². The van der Waals surface area contributed by atoms with E-state index in [2.05, 4.69) is 4.98 Å². The standard InChI is InChI=1S/C10H9N3O/c1-14-10-4-2-3-9(13-10)5-8(6-11)7-12/h2-4,8H,5H2,1H3. The summed E-state index contributed by atoms with van der Waals surface area (Å²) in [6.07, 6.45) is 0.337. The summed E-state index contributed by atoms with van der Waals surface area (Å²) in [4.78, 5) is 4.10. The van der Waals surface area contributed by atoms with E-state index in [1.165, 1.54) is 7.11 Å². The second-order valence-corrected chi connectivity index (χ2v) is 2.69. The molecule has 4 nitrogen and oxygen atoms in total. The van der Waals surface area contributed by atoms with Crippen LogP contribution in [0.2, 0.25) is 0 Å². The highest BCUT2D eigenvalue weighted by Gasteiger charge is 2.08. The molecule has 4 heteroatoms. The minimum Gasteiger partial charge on any atom is -0.481 e. The monoisotopic (exact) mass is 187 g/mol. The normalized spacial score (nSPS) is 9.14. The summed E-state index contributed by atoms with van der Waals surface area (Å²) in [7, 11) is 1.53. The Balaban J connectivity index is 2.78. The Bertz CT molecular complexity index is 375. The summed E-state index contributed by atoms with van der Waals surface area (Å²) in [5.74, 6) is -0.147. The molecule has 0 unspecified atom stereocenters. The average Bonchev–Trinajstić information content (AvgIpc) is 2.26. The predicted molar refractivity (Wildman–Crippen MR) is 49.2 cm³/mol. The van der Waals surface area contributed by atoms with Crippen LogP contribution in [0.4, 0.5) is 0 Å². The molecule has 0 aliphatic carbocycles. The van der Waals surface area contributed by atoms with Crippen molar-refractivity contribution in [2.75, 3.05) is 7.11 Å². The summed E-state index contributed by atoms with van der Waals surface area (Å²) in [6, 6.07) is 9.06. The van der Waals surface area contributed by atoms with Crippen molar-refractivity contribution in [1.29, 1.82) is 10.5 Å². The molecule has 1 aromatic rings. The highest BCUT2D eigenvalue weighted by molar-refractivity contribution is 5.18. The van der Waals surface area contributed by atoms with E-state index in [0.717, 1.165) is 0 Å². The van der Waals surface area contributed by atoms with Crippen molar-refractivity contribution in [1.82, 2.24) is 4.98 Å². The van der Waals surface area contributed by atoms with Crippen LogP contribution in [0.15, 0.2) is 18.2 Å². The Morgan fingerprint density at radius 2 is 2.14 bits per heavy atom. The second kappa shape index (κ2) is 4.84. The molecule has 0 aromatic carbocycles. The minimum atomic E-state index is -0.644. The van der Waals surface area contributed by atoms with Crippen molar-refractivity contribution in [2.24, 2.45) is 5.92 Å². The van der Waals surface area contributed by atoms with E-state index in [-0.39, 0.29) is 0 Å². The van der Waals surface area contributed by atoms with Gasteiger partial charge in [-0.2, -0.15) is 10.5 Å². The first kappa shape index (κ1) is 10.0. The Kier molecular flexibility index (Phi) is 3.46. The number of hydrogen-bond acceptors (Lipinski definition) is 4. The zero-order valence-corrected chi connectivity index (χ0v) is 7.77. The molecule has 0 saturated carbocycles. The van der Waals surface area contributed by atoms with Gasteiger partial charge < -0.3 is 4.74 Å². The Labute approximate surface area is 82.4 Å². The van der Waals surface area contributed by atoms with Gasteiger partial charge in [-0.1, -0.05) is 6.07 Å². The SMILES string of the molecule is COc1cccc(CC(C#N)C#N)n1. The van der Waals surface area contributed by atoms with Crippen molar-refractivity contribution in [3.05, 3.63) is 23.9 Å². The molecule has 0 aliphatic heterocycles. The zero-order valence-electron chi connectivity index (χ0n) is 7.77. The quantitative estimate of drug-likeness (QED) is 0.715. The van der Waals surface area contributed by atoms with Gasteiger partial charge in [0.2, 0.25) is 5.88 Å². The third kappa shape index (κ3) is 2.46. The maximum Gasteiger partial charge on any atom is 0.213 e. The molecule has 0 radical (unpaired) electrons. The Hall–Kier alpha value is -2.07. The lowest BCUT2D eigenvalue weighted by Gasteiger charge is -2.02. The van der Waals surface area contributed by atoms with Crippen LogP contribution in [0.1, 0.15) is 5.69 Å².